The van der Waals surface area contributed by atoms with Gasteiger partial charge >= 0.3 is 0 Å². The number of halogens is 2. The fourth-order valence-electron chi connectivity index (χ4n) is 5.42. The number of aromatic nitrogens is 2. The molecule has 2 N–H and O–H groups in total. The third-order valence-corrected chi connectivity index (χ3v) is 9.78. The van der Waals surface area contributed by atoms with E-state index >= 15 is 0 Å². The van der Waals surface area contributed by atoms with Gasteiger partial charge in [0, 0.05) is 61.1 Å². The van der Waals surface area contributed by atoms with Gasteiger partial charge in [-0.15, -0.1) is 0 Å². The summed E-state index contributed by atoms with van der Waals surface area (Å²) in [5.41, 5.74) is 1.49. The van der Waals surface area contributed by atoms with Crippen molar-refractivity contribution in [3.8, 4) is 0 Å². The van der Waals surface area contributed by atoms with Crippen LogP contribution in [-0.4, -0.2) is 65.4 Å². The number of benzene rings is 2. The Balaban J connectivity index is 1.30. The van der Waals surface area contributed by atoms with Crippen molar-refractivity contribution in [3.63, 3.8) is 0 Å². The first-order chi connectivity index (χ1) is 18.7. The Morgan fingerprint density at radius 2 is 1.60 bits per heavy atom. The zero-order chi connectivity index (χ0) is 29.0. The third kappa shape index (κ3) is 5.11. The number of aromatic amines is 1. The Hall–Kier alpha value is -3.35. The molecule has 12 heteroatoms. The molecule has 3 aromatic rings. The number of piperazine rings is 1. The molecular weight excluding hydrogens is 538 g/mol. The van der Waals surface area contributed by atoms with Crippen molar-refractivity contribution in [1.29, 1.82) is 0 Å². The molecule has 0 saturated carbocycles. The van der Waals surface area contributed by atoms with E-state index in [2.05, 4.69) is 46.1 Å². The molecule has 9 nitrogen and oxygen atoms in total. The smallest absolute Gasteiger partial charge is 0.256 e. The van der Waals surface area contributed by atoms with Gasteiger partial charge in [-0.25, -0.2) is 17.2 Å². The van der Waals surface area contributed by atoms with Gasteiger partial charge in [0.25, 0.3) is 5.91 Å². The van der Waals surface area contributed by atoms with Gasteiger partial charge in [0.2, 0.25) is 10.0 Å². The predicted molar refractivity (Wildman–Crippen MR) is 149 cm³/mol. The summed E-state index contributed by atoms with van der Waals surface area (Å²) in [5.74, 6) is -2.15. The molecule has 2 aliphatic rings. The molecule has 1 amide bonds. The van der Waals surface area contributed by atoms with Crippen LogP contribution in [0, 0.1) is 11.6 Å². The van der Waals surface area contributed by atoms with Gasteiger partial charge in [-0.3, -0.25) is 14.8 Å². The fourth-order valence-corrected chi connectivity index (χ4v) is 7.19. The molecule has 0 radical (unpaired) electrons. The van der Waals surface area contributed by atoms with E-state index in [0.29, 0.717) is 22.9 Å². The lowest BCUT2D eigenvalue weighted by Gasteiger charge is -2.43. The summed E-state index contributed by atoms with van der Waals surface area (Å²) in [6.07, 6.45) is 0. The lowest BCUT2D eigenvalue weighted by atomic mass is 10.0. The van der Waals surface area contributed by atoms with E-state index in [1.165, 1.54) is 0 Å². The predicted octanol–water partition coefficient (Wildman–Crippen LogP) is 4.30. The molecule has 0 atom stereocenters. The molecule has 0 spiro atoms. The van der Waals surface area contributed by atoms with Crippen LogP contribution >= 0.6 is 0 Å². The van der Waals surface area contributed by atoms with Crippen LogP contribution in [-0.2, 0) is 22.1 Å². The lowest BCUT2D eigenvalue weighted by Crippen LogP contribution is -2.53. The molecule has 1 saturated heterocycles. The topological polar surface area (TPSA) is 102 Å². The largest absolute Gasteiger partial charge is 0.369 e. The average molecular weight is 573 g/mol. The first-order valence-corrected chi connectivity index (χ1v) is 14.6. The zero-order valence-corrected chi connectivity index (χ0v) is 24.1. The molecular formula is C28H34F2N6O3S. The average Bonchev–Trinajstić information content (AvgIpc) is 3.41. The molecule has 2 aromatic carbocycles. The minimum atomic E-state index is -4.27. The first kappa shape index (κ1) is 28.2. The maximum atomic E-state index is 13.8. The molecule has 214 valence electrons. The molecule has 5 rings (SSSR count). The van der Waals surface area contributed by atoms with E-state index in [1.54, 1.807) is 26.0 Å². The highest BCUT2D eigenvalue weighted by Gasteiger charge is 2.48. The van der Waals surface area contributed by atoms with Gasteiger partial charge in [-0.1, -0.05) is 0 Å². The van der Waals surface area contributed by atoms with Crippen LogP contribution in [0.25, 0.3) is 0 Å². The summed E-state index contributed by atoms with van der Waals surface area (Å²) in [5, 5.41) is 9.85. The number of hydrogen-bond acceptors (Lipinski definition) is 6. The Morgan fingerprint density at radius 3 is 2.17 bits per heavy atom. The lowest BCUT2D eigenvalue weighted by molar-refractivity contribution is 0.102. The normalized spacial score (nSPS) is 18.1. The summed E-state index contributed by atoms with van der Waals surface area (Å²) in [6, 6.07) is 9.55. The second-order valence-corrected chi connectivity index (χ2v) is 13.6. The van der Waals surface area contributed by atoms with Crippen molar-refractivity contribution in [2.45, 2.75) is 57.1 Å². The Morgan fingerprint density at radius 1 is 1.00 bits per heavy atom. The molecule has 3 heterocycles. The SMILES string of the molecule is CC(C)(C)N1CCN(c2ccc(C(=O)Nc3n[nH]c4c3CN(S(=O)(=O)c3cc(F)cc(F)c3)C4(C)C)cc2)CC1. The number of amides is 1. The quantitative estimate of drug-likeness (QED) is 0.473. The van der Waals surface area contributed by atoms with Gasteiger partial charge in [-0.2, -0.15) is 9.40 Å². The number of carbonyl (C=O) groups is 1. The highest BCUT2D eigenvalue weighted by atomic mass is 32.2. The highest BCUT2D eigenvalue weighted by molar-refractivity contribution is 7.89. The summed E-state index contributed by atoms with van der Waals surface area (Å²) in [4.78, 5) is 17.4. The number of hydrogen-bond donors (Lipinski definition) is 2. The van der Waals surface area contributed by atoms with Crippen molar-refractivity contribution >= 4 is 27.4 Å². The van der Waals surface area contributed by atoms with Crippen LogP contribution in [0.2, 0.25) is 0 Å². The number of H-pyrrole nitrogens is 1. The van der Waals surface area contributed by atoms with Crippen LogP contribution in [0.15, 0.2) is 47.4 Å². The number of anilines is 2. The summed E-state index contributed by atoms with van der Waals surface area (Å²) in [7, 11) is -4.27. The maximum Gasteiger partial charge on any atom is 0.256 e. The van der Waals surface area contributed by atoms with E-state index in [9.17, 15) is 22.0 Å². The minimum Gasteiger partial charge on any atom is -0.369 e. The monoisotopic (exact) mass is 572 g/mol. The maximum absolute atomic E-state index is 13.8. The minimum absolute atomic E-state index is 0.131. The molecule has 0 aliphatic carbocycles. The van der Waals surface area contributed by atoms with Crippen LogP contribution in [0.3, 0.4) is 0 Å². The number of fused-ring (bicyclic) bond motifs is 1. The number of nitrogens with one attached hydrogen (secondary N) is 2. The van der Waals surface area contributed by atoms with Gasteiger partial charge < -0.3 is 10.2 Å². The van der Waals surface area contributed by atoms with E-state index in [0.717, 1.165) is 48.3 Å². The van der Waals surface area contributed by atoms with Crippen molar-refractivity contribution in [2.24, 2.45) is 0 Å². The molecule has 0 bridgehead atoms. The number of rotatable bonds is 5. The van der Waals surface area contributed by atoms with Crippen LogP contribution in [0.4, 0.5) is 20.3 Å². The molecule has 0 unspecified atom stereocenters. The van der Waals surface area contributed by atoms with Crippen LogP contribution in [0.5, 0.6) is 0 Å². The Bertz CT molecular complexity index is 1520. The third-order valence-electron chi connectivity index (χ3n) is 7.78. The van der Waals surface area contributed by atoms with Gasteiger partial charge in [0.1, 0.15) is 11.6 Å². The molecule has 1 fully saturated rings. The van der Waals surface area contributed by atoms with E-state index in [-0.39, 0.29) is 23.8 Å². The van der Waals surface area contributed by atoms with E-state index in [1.807, 2.05) is 12.1 Å². The van der Waals surface area contributed by atoms with Crippen molar-refractivity contribution in [2.75, 3.05) is 36.4 Å². The standard InChI is InChI=1S/C28H34F2N6O3S/c1-27(2,3)35-12-10-34(11-13-35)21-8-6-18(7-9-21)26(37)31-25-23-17-36(28(4,5)24(23)32-33-25)40(38,39)22-15-19(29)14-20(30)16-22/h6-9,14-16H,10-13,17H2,1-5H3,(H2,31,32,33,37). The fraction of sp³-hybridized carbons (Fsp3) is 0.429. The highest BCUT2D eigenvalue weighted by Crippen LogP contribution is 2.44. The van der Waals surface area contributed by atoms with E-state index in [4.69, 9.17) is 0 Å². The van der Waals surface area contributed by atoms with Gasteiger partial charge in [0.05, 0.1) is 16.1 Å². The number of sulfonamides is 1. The first-order valence-electron chi connectivity index (χ1n) is 13.2. The van der Waals surface area contributed by atoms with Crippen molar-refractivity contribution in [1.82, 2.24) is 19.4 Å². The summed E-state index contributed by atoms with van der Waals surface area (Å²) < 4.78 is 55.5. The molecule has 1 aromatic heterocycles. The van der Waals surface area contributed by atoms with Gasteiger partial charge in [-0.05, 0) is 71.0 Å². The van der Waals surface area contributed by atoms with Gasteiger partial charge in [0.15, 0.2) is 5.82 Å². The summed E-state index contributed by atoms with van der Waals surface area (Å²) in [6.45, 7) is 13.6. The number of carbonyl (C=O) groups excluding carboxylic acids is 1. The molecule has 40 heavy (non-hydrogen) atoms. The number of nitrogens with zero attached hydrogens (tertiary/aromatic N) is 4. The summed E-state index contributed by atoms with van der Waals surface area (Å²) >= 11 is 0. The second kappa shape index (κ2) is 9.93. The zero-order valence-electron chi connectivity index (χ0n) is 23.3. The Labute approximate surface area is 233 Å². The Kier molecular flexibility index (Phi) is 7.00. The van der Waals surface area contributed by atoms with Crippen molar-refractivity contribution < 1.29 is 22.0 Å². The van der Waals surface area contributed by atoms with Crippen molar-refractivity contribution in [3.05, 3.63) is 70.9 Å². The second-order valence-electron chi connectivity index (χ2n) is 11.7. The molecule has 2 aliphatic heterocycles. The van der Waals surface area contributed by atoms with E-state index < -0.39 is 32.1 Å². The van der Waals surface area contributed by atoms with Crippen LogP contribution < -0.4 is 10.2 Å². The van der Waals surface area contributed by atoms with Crippen LogP contribution in [0.1, 0.15) is 56.2 Å².